The third-order valence-electron chi connectivity index (χ3n) is 8.03. The molecule has 3 atom stereocenters. The van der Waals surface area contributed by atoms with E-state index in [0.29, 0.717) is 13.2 Å². The molecule has 0 radical (unpaired) electrons. The lowest BCUT2D eigenvalue weighted by atomic mass is 9.58. The number of esters is 2. The third-order valence-corrected chi connectivity index (χ3v) is 8.03. The van der Waals surface area contributed by atoms with Gasteiger partial charge in [-0.3, -0.25) is 9.59 Å². The Balaban J connectivity index is 1.26. The predicted octanol–water partition coefficient (Wildman–Crippen LogP) is 5.78. The van der Waals surface area contributed by atoms with E-state index in [1.165, 1.54) is 22.3 Å². The van der Waals surface area contributed by atoms with Crippen LogP contribution < -0.4 is 0 Å². The third kappa shape index (κ3) is 5.75. The summed E-state index contributed by atoms with van der Waals surface area (Å²) in [5.74, 6) is -0.929. The maximum absolute atomic E-state index is 13.5. The average Bonchev–Trinajstić information content (AvgIpc) is 2.81. The predicted molar refractivity (Wildman–Crippen MR) is 141 cm³/mol. The normalized spacial score (nSPS) is 19.6. The highest BCUT2D eigenvalue weighted by Gasteiger charge is 2.53. The van der Waals surface area contributed by atoms with Crippen molar-refractivity contribution in [1.82, 2.24) is 0 Å². The molecule has 2 aromatic carbocycles. The highest BCUT2D eigenvalue weighted by Crippen LogP contribution is 2.49. The second kappa shape index (κ2) is 11.4. The van der Waals surface area contributed by atoms with Crippen LogP contribution in [0.25, 0.3) is 0 Å². The van der Waals surface area contributed by atoms with Gasteiger partial charge in [-0.25, -0.2) is 0 Å². The topological polar surface area (TPSA) is 71.1 Å². The summed E-state index contributed by atoms with van der Waals surface area (Å²) in [5, 5.41) is 0. The van der Waals surface area contributed by atoms with Crippen LogP contribution in [0.1, 0.15) is 75.5 Å². The summed E-state index contributed by atoms with van der Waals surface area (Å²) in [6.45, 7) is 10.8. The number of ether oxygens (including phenoxy) is 4. The molecule has 0 N–H and O–H groups in total. The van der Waals surface area contributed by atoms with E-state index < -0.39 is 16.8 Å². The first-order chi connectivity index (χ1) is 17.6. The van der Waals surface area contributed by atoms with Crippen molar-refractivity contribution in [2.75, 3.05) is 26.4 Å². The standard InChI is InChI=1S/C31H40O6/c1-21(2)31(30(3,4)5,29(33)37-17-15-35-27-19-23-11-7-9-13-25(23)27)20-28(32)36-16-14-34-26-18-22-10-6-8-12-24(22)26/h6-13,21,26-27H,14-20H2,1-5H3. The number of hydrogen-bond acceptors (Lipinski definition) is 6. The Morgan fingerprint density at radius 2 is 1.27 bits per heavy atom. The van der Waals surface area contributed by atoms with Gasteiger partial charge in [0.15, 0.2) is 0 Å². The number of carbonyl (C=O) groups excluding carboxylic acids is 2. The number of benzene rings is 2. The minimum atomic E-state index is -1.03. The summed E-state index contributed by atoms with van der Waals surface area (Å²) in [5.41, 5.74) is 3.47. The van der Waals surface area contributed by atoms with Gasteiger partial charge in [-0.2, -0.15) is 0 Å². The van der Waals surface area contributed by atoms with Gasteiger partial charge in [0.25, 0.3) is 0 Å². The summed E-state index contributed by atoms with van der Waals surface area (Å²) in [4.78, 5) is 26.4. The molecule has 2 aliphatic rings. The molecular formula is C31H40O6. The van der Waals surface area contributed by atoms with Crippen molar-refractivity contribution in [3.05, 3.63) is 70.8 Å². The van der Waals surface area contributed by atoms with Gasteiger partial charge in [0.1, 0.15) is 13.2 Å². The monoisotopic (exact) mass is 508 g/mol. The molecule has 0 saturated heterocycles. The first-order valence-corrected chi connectivity index (χ1v) is 13.3. The Morgan fingerprint density at radius 3 is 1.73 bits per heavy atom. The molecular weight excluding hydrogens is 468 g/mol. The summed E-state index contributed by atoms with van der Waals surface area (Å²) >= 11 is 0. The van der Waals surface area contributed by atoms with Crippen molar-refractivity contribution in [3.8, 4) is 0 Å². The van der Waals surface area contributed by atoms with Gasteiger partial charge in [-0.05, 0) is 33.6 Å². The smallest absolute Gasteiger partial charge is 0.313 e. The fraction of sp³-hybridized carbons (Fsp3) is 0.548. The molecule has 0 aromatic heterocycles. The van der Waals surface area contributed by atoms with Gasteiger partial charge in [0, 0.05) is 12.8 Å². The van der Waals surface area contributed by atoms with E-state index in [9.17, 15) is 9.59 Å². The van der Waals surface area contributed by atoms with Crippen LogP contribution in [-0.4, -0.2) is 38.4 Å². The molecule has 0 bridgehead atoms. The summed E-state index contributed by atoms with van der Waals surface area (Å²) < 4.78 is 23.1. The molecule has 200 valence electrons. The van der Waals surface area contributed by atoms with Crippen molar-refractivity contribution in [2.45, 2.75) is 66.1 Å². The first kappa shape index (κ1) is 27.3. The Hall–Kier alpha value is -2.70. The highest BCUT2D eigenvalue weighted by molar-refractivity contribution is 5.84. The van der Waals surface area contributed by atoms with Crippen molar-refractivity contribution < 1.29 is 28.5 Å². The molecule has 4 rings (SSSR count). The van der Waals surface area contributed by atoms with Crippen molar-refractivity contribution in [3.63, 3.8) is 0 Å². The summed E-state index contributed by atoms with van der Waals surface area (Å²) in [6, 6.07) is 16.4. The fourth-order valence-electron chi connectivity index (χ4n) is 5.75. The van der Waals surface area contributed by atoms with Crippen molar-refractivity contribution in [2.24, 2.45) is 16.7 Å². The molecule has 6 heteroatoms. The molecule has 0 spiro atoms. The number of rotatable bonds is 12. The lowest BCUT2D eigenvalue weighted by Gasteiger charge is -2.45. The Morgan fingerprint density at radius 1 is 0.784 bits per heavy atom. The van der Waals surface area contributed by atoms with Gasteiger partial charge >= 0.3 is 11.9 Å². The van der Waals surface area contributed by atoms with E-state index in [4.69, 9.17) is 18.9 Å². The SMILES string of the molecule is CC(C)C(CC(=O)OCCOC1Cc2ccccc21)(C(=O)OCCOC1Cc2ccccc21)C(C)(C)C. The Bertz CT molecular complexity index is 1100. The van der Waals surface area contributed by atoms with E-state index in [1.807, 2.05) is 58.9 Å². The van der Waals surface area contributed by atoms with E-state index in [2.05, 4.69) is 24.3 Å². The van der Waals surface area contributed by atoms with Crippen LogP contribution in [0.5, 0.6) is 0 Å². The molecule has 0 heterocycles. The maximum atomic E-state index is 13.5. The van der Waals surface area contributed by atoms with E-state index in [-0.39, 0.29) is 43.7 Å². The minimum absolute atomic E-state index is 0.0455. The van der Waals surface area contributed by atoms with Gasteiger partial charge in [-0.15, -0.1) is 0 Å². The van der Waals surface area contributed by atoms with Gasteiger partial charge in [-0.1, -0.05) is 83.1 Å². The Labute approximate surface area is 220 Å². The van der Waals surface area contributed by atoms with Gasteiger partial charge in [0.2, 0.25) is 0 Å². The molecule has 6 nitrogen and oxygen atoms in total. The van der Waals surface area contributed by atoms with E-state index in [1.54, 1.807) is 0 Å². The lowest BCUT2D eigenvalue weighted by Crippen LogP contribution is -2.50. The van der Waals surface area contributed by atoms with Gasteiger partial charge < -0.3 is 18.9 Å². The maximum Gasteiger partial charge on any atom is 0.313 e. The molecule has 2 aromatic rings. The van der Waals surface area contributed by atoms with Crippen LogP contribution in [0.4, 0.5) is 0 Å². The van der Waals surface area contributed by atoms with Gasteiger partial charge in [0.05, 0.1) is 37.3 Å². The molecule has 0 saturated carbocycles. The second-order valence-electron chi connectivity index (χ2n) is 11.4. The lowest BCUT2D eigenvalue weighted by molar-refractivity contribution is -0.178. The zero-order valence-electron chi connectivity index (χ0n) is 22.8. The zero-order valence-corrected chi connectivity index (χ0v) is 22.8. The average molecular weight is 509 g/mol. The second-order valence-corrected chi connectivity index (χ2v) is 11.4. The molecule has 37 heavy (non-hydrogen) atoms. The molecule has 0 aliphatic heterocycles. The minimum Gasteiger partial charge on any atom is -0.463 e. The van der Waals surface area contributed by atoms with E-state index in [0.717, 1.165) is 12.8 Å². The van der Waals surface area contributed by atoms with Crippen LogP contribution >= 0.6 is 0 Å². The molecule has 2 aliphatic carbocycles. The van der Waals surface area contributed by atoms with Crippen LogP contribution in [0.2, 0.25) is 0 Å². The van der Waals surface area contributed by atoms with Crippen LogP contribution in [0.3, 0.4) is 0 Å². The first-order valence-electron chi connectivity index (χ1n) is 13.3. The molecule has 0 fully saturated rings. The van der Waals surface area contributed by atoms with Crippen molar-refractivity contribution >= 4 is 11.9 Å². The van der Waals surface area contributed by atoms with Crippen LogP contribution in [0.15, 0.2) is 48.5 Å². The van der Waals surface area contributed by atoms with Crippen LogP contribution in [-0.2, 0) is 41.4 Å². The fourth-order valence-corrected chi connectivity index (χ4v) is 5.75. The summed E-state index contributed by atoms with van der Waals surface area (Å²) in [6.07, 6.45) is 1.83. The Kier molecular flexibility index (Phi) is 8.39. The zero-order chi connectivity index (χ0) is 26.6. The van der Waals surface area contributed by atoms with Crippen LogP contribution in [0, 0.1) is 16.7 Å². The summed E-state index contributed by atoms with van der Waals surface area (Å²) in [7, 11) is 0. The highest BCUT2D eigenvalue weighted by atomic mass is 16.6. The molecule has 3 unspecified atom stereocenters. The van der Waals surface area contributed by atoms with Crippen molar-refractivity contribution in [1.29, 1.82) is 0 Å². The van der Waals surface area contributed by atoms with E-state index >= 15 is 0 Å². The number of carbonyl (C=O) groups is 2. The molecule has 0 amide bonds. The largest absolute Gasteiger partial charge is 0.463 e. The number of hydrogen-bond donors (Lipinski definition) is 0. The number of fused-ring (bicyclic) bond motifs is 2. The quantitative estimate of drug-likeness (QED) is 0.267.